The molecule has 19 heavy (non-hydrogen) atoms. The van der Waals surface area contributed by atoms with Crippen molar-refractivity contribution in [1.82, 2.24) is 0 Å². The fourth-order valence-corrected chi connectivity index (χ4v) is 2.18. The molecule has 3 N–H and O–H groups in total. The third-order valence-corrected chi connectivity index (χ3v) is 3.75. The molecule has 4 heteroatoms. The van der Waals surface area contributed by atoms with Gasteiger partial charge in [-0.15, -0.1) is 0 Å². The van der Waals surface area contributed by atoms with Crippen LogP contribution in [-0.2, 0) is 11.2 Å². The molecule has 0 bridgehead atoms. The summed E-state index contributed by atoms with van der Waals surface area (Å²) in [5.41, 5.74) is 9.18. The molecule has 104 valence electrons. The number of rotatable bonds is 4. The Morgan fingerprint density at radius 3 is 2.79 bits per heavy atom. The van der Waals surface area contributed by atoms with Gasteiger partial charge in [0, 0.05) is 31.4 Å². The van der Waals surface area contributed by atoms with Crippen molar-refractivity contribution in [2.24, 2.45) is 11.1 Å². The fourth-order valence-electron chi connectivity index (χ4n) is 2.18. The van der Waals surface area contributed by atoms with E-state index in [1.54, 1.807) is 4.90 Å². The molecule has 0 saturated heterocycles. The number of aryl methyl sites for hydroxylation is 1. The van der Waals surface area contributed by atoms with Gasteiger partial charge in [0.05, 0.1) is 0 Å². The van der Waals surface area contributed by atoms with E-state index in [0.717, 1.165) is 24.3 Å². The summed E-state index contributed by atoms with van der Waals surface area (Å²) in [4.78, 5) is 13.4. The normalized spacial score (nSPS) is 15.4. The number of hydrogen-bond donors (Lipinski definition) is 2. The van der Waals surface area contributed by atoms with Crippen LogP contribution in [0.25, 0.3) is 0 Å². The van der Waals surface area contributed by atoms with Gasteiger partial charge in [0.1, 0.15) is 0 Å². The standard InChI is InChI=1S/C15H23N3O/c1-15(2,9-16)10-17-12-5-6-13-11(8-12)4-7-14(19)18(13)3/h5-6,8,17H,4,7,9-10,16H2,1-3H3. The number of carbonyl (C=O) groups is 1. The highest BCUT2D eigenvalue weighted by atomic mass is 16.2. The molecule has 1 aliphatic heterocycles. The van der Waals surface area contributed by atoms with E-state index in [0.29, 0.717) is 13.0 Å². The minimum Gasteiger partial charge on any atom is -0.384 e. The van der Waals surface area contributed by atoms with Crippen LogP contribution in [0.2, 0.25) is 0 Å². The van der Waals surface area contributed by atoms with E-state index in [-0.39, 0.29) is 11.3 Å². The molecule has 0 radical (unpaired) electrons. The van der Waals surface area contributed by atoms with Crippen LogP contribution >= 0.6 is 0 Å². The quantitative estimate of drug-likeness (QED) is 0.871. The maximum absolute atomic E-state index is 11.6. The Balaban J connectivity index is 2.12. The number of hydrogen-bond acceptors (Lipinski definition) is 3. The Kier molecular flexibility index (Phi) is 3.80. The average Bonchev–Trinajstić information content (AvgIpc) is 2.41. The molecule has 1 amide bonds. The van der Waals surface area contributed by atoms with Crippen molar-refractivity contribution in [3.05, 3.63) is 23.8 Å². The highest BCUT2D eigenvalue weighted by Crippen LogP contribution is 2.29. The molecule has 1 aliphatic rings. The molecule has 0 saturated carbocycles. The van der Waals surface area contributed by atoms with Gasteiger partial charge in [0.2, 0.25) is 5.91 Å². The summed E-state index contributed by atoms with van der Waals surface area (Å²) in [6.45, 7) is 5.79. The zero-order valence-electron chi connectivity index (χ0n) is 12.0. The SMILES string of the molecule is CN1C(=O)CCc2cc(NCC(C)(C)CN)ccc21. The number of amides is 1. The molecule has 1 heterocycles. The minimum atomic E-state index is 0.0860. The molecule has 0 atom stereocenters. The zero-order chi connectivity index (χ0) is 14.0. The van der Waals surface area contributed by atoms with Gasteiger partial charge in [-0.1, -0.05) is 13.8 Å². The lowest BCUT2D eigenvalue weighted by Crippen LogP contribution is -2.32. The van der Waals surface area contributed by atoms with Crippen molar-refractivity contribution in [2.75, 3.05) is 30.4 Å². The third kappa shape index (κ3) is 3.07. The number of anilines is 2. The van der Waals surface area contributed by atoms with Crippen LogP contribution in [0.4, 0.5) is 11.4 Å². The second-order valence-electron chi connectivity index (χ2n) is 6.02. The second-order valence-corrected chi connectivity index (χ2v) is 6.02. The summed E-state index contributed by atoms with van der Waals surface area (Å²) in [6, 6.07) is 6.19. The lowest BCUT2D eigenvalue weighted by molar-refractivity contribution is -0.118. The first-order chi connectivity index (χ1) is 8.93. The van der Waals surface area contributed by atoms with Crippen LogP contribution < -0.4 is 16.0 Å². The summed E-state index contributed by atoms with van der Waals surface area (Å²) in [5, 5.41) is 3.43. The zero-order valence-corrected chi connectivity index (χ0v) is 12.0. The number of nitrogens with two attached hydrogens (primary N) is 1. The molecule has 1 aromatic carbocycles. The Hall–Kier alpha value is -1.55. The van der Waals surface area contributed by atoms with Crippen molar-refractivity contribution >= 4 is 17.3 Å². The Morgan fingerprint density at radius 2 is 2.11 bits per heavy atom. The highest BCUT2D eigenvalue weighted by molar-refractivity contribution is 5.96. The molecule has 0 aliphatic carbocycles. The van der Waals surface area contributed by atoms with Crippen LogP contribution in [-0.4, -0.2) is 26.0 Å². The van der Waals surface area contributed by atoms with Gasteiger partial charge < -0.3 is 16.0 Å². The first-order valence-corrected chi connectivity index (χ1v) is 6.76. The molecule has 0 unspecified atom stereocenters. The van der Waals surface area contributed by atoms with E-state index < -0.39 is 0 Å². The molecule has 4 nitrogen and oxygen atoms in total. The van der Waals surface area contributed by atoms with Crippen LogP contribution in [0.15, 0.2) is 18.2 Å². The highest BCUT2D eigenvalue weighted by Gasteiger charge is 2.21. The number of fused-ring (bicyclic) bond motifs is 1. The van der Waals surface area contributed by atoms with Gasteiger partial charge in [0.15, 0.2) is 0 Å². The minimum absolute atomic E-state index is 0.0860. The van der Waals surface area contributed by atoms with Crippen LogP contribution in [0.1, 0.15) is 25.8 Å². The second kappa shape index (κ2) is 5.21. The maximum atomic E-state index is 11.6. The summed E-state index contributed by atoms with van der Waals surface area (Å²) in [5.74, 6) is 0.192. The summed E-state index contributed by atoms with van der Waals surface area (Å²) < 4.78 is 0. The van der Waals surface area contributed by atoms with E-state index in [2.05, 4.69) is 25.2 Å². The van der Waals surface area contributed by atoms with Gasteiger partial charge in [-0.25, -0.2) is 0 Å². The van der Waals surface area contributed by atoms with Crippen molar-refractivity contribution in [1.29, 1.82) is 0 Å². The third-order valence-electron chi connectivity index (χ3n) is 3.75. The summed E-state index contributed by atoms with van der Waals surface area (Å²) >= 11 is 0. The molecule has 0 aromatic heterocycles. The van der Waals surface area contributed by atoms with Gasteiger partial charge in [-0.05, 0) is 42.1 Å². The first-order valence-electron chi connectivity index (χ1n) is 6.76. The molecular formula is C15H23N3O. The van der Waals surface area contributed by atoms with Gasteiger partial charge >= 0.3 is 0 Å². The van der Waals surface area contributed by atoms with Crippen molar-refractivity contribution in [2.45, 2.75) is 26.7 Å². The maximum Gasteiger partial charge on any atom is 0.227 e. The average molecular weight is 261 g/mol. The van der Waals surface area contributed by atoms with Crippen LogP contribution in [0.3, 0.4) is 0 Å². The lowest BCUT2D eigenvalue weighted by atomic mass is 9.93. The summed E-state index contributed by atoms with van der Waals surface area (Å²) in [7, 11) is 1.84. The van der Waals surface area contributed by atoms with Crippen molar-refractivity contribution in [3.63, 3.8) is 0 Å². The topological polar surface area (TPSA) is 58.4 Å². The van der Waals surface area contributed by atoms with Gasteiger partial charge in [-0.3, -0.25) is 4.79 Å². The van der Waals surface area contributed by atoms with E-state index in [1.165, 1.54) is 5.56 Å². The Morgan fingerprint density at radius 1 is 1.37 bits per heavy atom. The molecule has 0 fully saturated rings. The lowest BCUT2D eigenvalue weighted by Gasteiger charge is -2.27. The van der Waals surface area contributed by atoms with E-state index in [9.17, 15) is 4.79 Å². The fraction of sp³-hybridized carbons (Fsp3) is 0.533. The summed E-state index contributed by atoms with van der Waals surface area (Å²) in [6.07, 6.45) is 1.43. The van der Waals surface area contributed by atoms with Crippen molar-refractivity contribution in [3.8, 4) is 0 Å². The number of nitrogens with zero attached hydrogens (tertiary/aromatic N) is 1. The predicted molar refractivity (Wildman–Crippen MR) is 79.5 cm³/mol. The molecule has 1 aromatic rings. The first kappa shape index (κ1) is 13.9. The molecule has 0 spiro atoms. The van der Waals surface area contributed by atoms with Crippen molar-refractivity contribution < 1.29 is 4.79 Å². The number of carbonyl (C=O) groups excluding carboxylic acids is 1. The van der Waals surface area contributed by atoms with E-state index in [4.69, 9.17) is 5.73 Å². The largest absolute Gasteiger partial charge is 0.384 e. The van der Waals surface area contributed by atoms with Crippen LogP contribution in [0.5, 0.6) is 0 Å². The van der Waals surface area contributed by atoms with E-state index >= 15 is 0 Å². The van der Waals surface area contributed by atoms with E-state index in [1.807, 2.05) is 19.2 Å². The van der Waals surface area contributed by atoms with Gasteiger partial charge in [0.25, 0.3) is 0 Å². The molecule has 2 rings (SSSR count). The molecular weight excluding hydrogens is 238 g/mol. The number of benzene rings is 1. The smallest absolute Gasteiger partial charge is 0.227 e. The van der Waals surface area contributed by atoms with Gasteiger partial charge in [-0.2, -0.15) is 0 Å². The number of nitrogens with one attached hydrogen (secondary N) is 1. The Labute approximate surface area is 115 Å². The monoisotopic (exact) mass is 261 g/mol. The predicted octanol–water partition coefficient (Wildman–Crippen LogP) is 1.99. The van der Waals surface area contributed by atoms with Crippen LogP contribution in [0, 0.1) is 5.41 Å². The Bertz CT molecular complexity index is 482.